The van der Waals surface area contributed by atoms with Gasteiger partial charge in [-0.1, -0.05) is 31.4 Å². The molecule has 1 saturated heterocycles. The van der Waals surface area contributed by atoms with Crippen LogP contribution in [0.25, 0.3) is 0 Å². The SMILES string of the molecule is C=CCOc1cccc([C@@H]2NC(=O)NC(=C)[C@@H]2C(=O)OCC)c1. The van der Waals surface area contributed by atoms with Crippen molar-refractivity contribution in [3.8, 4) is 5.75 Å². The summed E-state index contributed by atoms with van der Waals surface area (Å²) >= 11 is 0. The van der Waals surface area contributed by atoms with E-state index in [2.05, 4.69) is 23.8 Å². The molecule has 0 aromatic heterocycles. The van der Waals surface area contributed by atoms with E-state index < -0.39 is 24.0 Å². The van der Waals surface area contributed by atoms with Crippen molar-refractivity contribution in [3.63, 3.8) is 0 Å². The molecule has 1 aliphatic rings. The first-order chi connectivity index (χ1) is 11.1. The third kappa shape index (κ3) is 3.91. The van der Waals surface area contributed by atoms with Gasteiger partial charge in [-0.15, -0.1) is 0 Å². The van der Waals surface area contributed by atoms with E-state index in [-0.39, 0.29) is 6.61 Å². The molecule has 1 fully saturated rings. The van der Waals surface area contributed by atoms with Crippen molar-refractivity contribution >= 4 is 12.0 Å². The van der Waals surface area contributed by atoms with Crippen LogP contribution in [0.5, 0.6) is 5.75 Å². The van der Waals surface area contributed by atoms with E-state index in [9.17, 15) is 9.59 Å². The Balaban J connectivity index is 2.31. The zero-order chi connectivity index (χ0) is 16.8. The largest absolute Gasteiger partial charge is 0.490 e. The maximum Gasteiger partial charge on any atom is 0.319 e. The third-order valence-electron chi connectivity index (χ3n) is 3.40. The number of hydrogen-bond donors (Lipinski definition) is 2. The van der Waals surface area contributed by atoms with Gasteiger partial charge >= 0.3 is 12.0 Å². The Morgan fingerprint density at radius 3 is 2.91 bits per heavy atom. The molecule has 0 radical (unpaired) electrons. The summed E-state index contributed by atoms with van der Waals surface area (Å²) in [7, 11) is 0. The number of carbonyl (C=O) groups is 2. The minimum absolute atomic E-state index is 0.256. The molecule has 1 aromatic carbocycles. The van der Waals surface area contributed by atoms with Gasteiger partial charge < -0.3 is 20.1 Å². The topological polar surface area (TPSA) is 76.7 Å². The summed E-state index contributed by atoms with van der Waals surface area (Å²) in [6, 6.07) is 6.22. The molecule has 6 heteroatoms. The van der Waals surface area contributed by atoms with Crippen LogP contribution in [-0.4, -0.2) is 25.2 Å². The normalized spacial score (nSPS) is 20.2. The van der Waals surface area contributed by atoms with Crippen molar-refractivity contribution in [2.24, 2.45) is 5.92 Å². The number of nitrogens with one attached hydrogen (secondary N) is 2. The van der Waals surface area contributed by atoms with Crippen LogP contribution >= 0.6 is 0 Å². The number of hydrogen-bond acceptors (Lipinski definition) is 4. The van der Waals surface area contributed by atoms with E-state index in [1.54, 1.807) is 31.2 Å². The van der Waals surface area contributed by atoms with Gasteiger partial charge in [-0.25, -0.2) is 4.79 Å². The number of urea groups is 1. The van der Waals surface area contributed by atoms with Crippen LogP contribution in [0.2, 0.25) is 0 Å². The molecule has 2 amide bonds. The lowest BCUT2D eigenvalue weighted by molar-refractivity contribution is -0.147. The van der Waals surface area contributed by atoms with Crippen LogP contribution in [0.1, 0.15) is 18.5 Å². The first-order valence-corrected chi connectivity index (χ1v) is 7.33. The lowest BCUT2D eigenvalue weighted by atomic mass is 9.89. The molecule has 1 heterocycles. The van der Waals surface area contributed by atoms with Gasteiger partial charge in [0.15, 0.2) is 0 Å². The summed E-state index contributed by atoms with van der Waals surface area (Å²) < 4.78 is 10.6. The number of rotatable bonds is 6. The molecule has 1 aromatic rings. The van der Waals surface area contributed by atoms with Crippen molar-refractivity contribution in [2.75, 3.05) is 13.2 Å². The van der Waals surface area contributed by atoms with Gasteiger partial charge in [-0.2, -0.15) is 0 Å². The van der Waals surface area contributed by atoms with Crippen LogP contribution in [0.3, 0.4) is 0 Å². The smallest absolute Gasteiger partial charge is 0.319 e. The van der Waals surface area contributed by atoms with E-state index in [0.29, 0.717) is 18.1 Å². The Labute approximate surface area is 135 Å². The Hall–Kier alpha value is -2.76. The zero-order valence-corrected chi connectivity index (χ0v) is 13.0. The summed E-state index contributed by atoms with van der Waals surface area (Å²) in [5, 5.41) is 5.28. The van der Waals surface area contributed by atoms with E-state index in [0.717, 1.165) is 5.56 Å². The molecule has 2 rings (SSSR count). The molecule has 122 valence electrons. The van der Waals surface area contributed by atoms with Crippen molar-refractivity contribution in [1.82, 2.24) is 10.6 Å². The predicted octanol–water partition coefficient (Wildman–Crippen LogP) is 2.30. The van der Waals surface area contributed by atoms with E-state index in [1.165, 1.54) is 0 Å². The monoisotopic (exact) mass is 316 g/mol. The van der Waals surface area contributed by atoms with Gasteiger partial charge in [0.05, 0.1) is 12.6 Å². The molecular formula is C17H20N2O4. The van der Waals surface area contributed by atoms with Crippen LogP contribution in [-0.2, 0) is 9.53 Å². The molecule has 0 aliphatic carbocycles. The van der Waals surface area contributed by atoms with Crippen LogP contribution in [0.15, 0.2) is 49.2 Å². The fraction of sp³-hybridized carbons (Fsp3) is 0.294. The second-order valence-corrected chi connectivity index (χ2v) is 5.00. The molecule has 0 spiro atoms. The van der Waals surface area contributed by atoms with E-state index in [1.807, 2.05) is 6.07 Å². The van der Waals surface area contributed by atoms with Gasteiger partial charge in [0.2, 0.25) is 0 Å². The number of benzene rings is 1. The second kappa shape index (κ2) is 7.49. The summed E-state index contributed by atoms with van der Waals surface area (Å²) in [5.41, 5.74) is 1.05. The lowest BCUT2D eigenvalue weighted by Gasteiger charge is -2.33. The molecule has 2 atom stereocenters. The Bertz CT molecular complexity index is 627. The van der Waals surface area contributed by atoms with Gasteiger partial charge in [0.25, 0.3) is 0 Å². The molecule has 0 unspecified atom stereocenters. The van der Waals surface area contributed by atoms with Crippen molar-refractivity contribution < 1.29 is 19.1 Å². The fourth-order valence-electron chi connectivity index (χ4n) is 2.42. The number of esters is 1. The molecule has 0 bridgehead atoms. The number of ether oxygens (including phenoxy) is 2. The highest BCUT2D eigenvalue weighted by Gasteiger charge is 2.38. The minimum atomic E-state index is -0.706. The highest BCUT2D eigenvalue weighted by molar-refractivity contribution is 5.85. The van der Waals surface area contributed by atoms with Crippen LogP contribution in [0, 0.1) is 5.92 Å². The summed E-state index contributed by atoms with van der Waals surface area (Å²) in [6.07, 6.45) is 1.64. The maximum absolute atomic E-state index is 12.2. The van der Waals surface area contributed by atoms with Gasteiger partial charge in [0.1, 0.15) is 18.3 Å². The highest BCUT2D eigenvalue weighted by Crippen LogP contribution is 2.32. The summed E-state index contributed by atoms with van der Waals surface area (Å²) in [5.74, 6) is -0.516. The highest BCUT2D eigenvalue weighted by atomic mass is 16.5. The first-order valence-electron chi connectivity index (χ1n) is 7.33. The average molecular weight is 316 g/mol. The average Bonchev–Trinajstić information content (AvgIpc) is 2.52. The van der Waals surface area contributed by atoms with E-state index >= 15 is 0 Å². The van der Waals surface area contributed by atoms with Gasteiger partial charge in [-0.05, 0) is 24.6 Å². The standard InChI is InChI=1S/C17H20N2O4/c1-4-9-23-13-8-6-7-12(10-13)15-14(16(20)22-5-2)11(3)18-17(21)19-15/h4,6-8,10,14-15H,1,3,5,9H2,2H3,(H2,18,19,21)/t14-,15-/m0/s1. The lowest BCUT2D eigenvalue weighted by Crippen LogP contribution is -2.51. The molecule has 6 nitrogen and oxygen atoms in total. The van der Waals surface area contributed by atoms with Crippen LogP contribution in [0.4, 0.5) is 4.79 Å². The molecule has 23 heavy (non-hydrogen) atoms. The Kier molecular flexibility index (Phi) is 5.41. The Morgan fingerprint density at radius 1 is 1.43 bits per heavy atom. The first kappa shape index (κ1) is 16.6. The molecule has 0 saturated carbocycles. The molecule has 1 aliphatic heterocycles. The van der Waals surface area contributed by atoms with Crippen molar-refractivity contribution in [3.05, 3.63) is 54.8 Å². The predicted molar refractivity (Wildman–Crippen MR) is 85.8 cm³/mol. The quantitative estimate of drug-likeness (QED) is 0.623. The number of carbonyl (C=O) groups excluding carboxylic acids is 2. The second-order valence-electron chi connectivity index (χ2n) is 5.00. The summed E-state index contributed by atoms with van der Waals surface area (Å²) in [4.78, 5) is 24.0. The molecule has 2 N–H and O–H groups in total. The third-order valence-corrected chi connectivity index (χ3v) is 3.40. The van der Waals surface area contributed by atoms with Gasteiger partial charge in [-0.3, -0.25) is 4.79 Å². The van der Waals surface area contributed by atoms with Crippen molar-refractivity contribution in [1.29, 1.82) is 0 Å². The van der Waals surface area contributed by atoms with Crippen molar-refractivity contribution in [2.45, 2.75) is 13.0 Å². The van der Waals surface area contributed by atoms with Crippen LogP contribution < -0.4 is 15.4 Å². The molecular weight excluding hydrogens is 296 g/mol. The fourth-order valence-corrected chi connectivity index (χ4v) is 2.42. The van der Waals surface area contributed by atoms with Gasteiger partial charge in [0, 0.05) is 5.70 Å². The maximum atomic E-state index is 12.2. The number of amides is 2. The minimum Gasteiger partial charge on any atom is -0.490 e. The Morgan fingerprint density at radius 2 is 2.22 bits per heavy atom. The van der Waals surface area contributed by atoms with E-state index in [4.69, 9.17) is 9.47 Å². The summed E-state index contributed by atoms with van der Waals surface area (Å²) in [6.45, 7) is 9.74. The zero-order valence-electron chi connectivity index (χ0n) is 13.0.